The highest BCUT2D eigenvalue weighted by molar-refractivity contribution is 6.47. The van der Waals surface area contributed by atoms with Crippen LogP contribution in [0.2, 0.25) is 0 Å². The molecule has 0 aliphatic heterocycles. The van der Waals surface area contributed by atoms with E-state index < -0.39 is 22.8 Å². The Labute approximate surface area is 107 Å². The van der Waals surface area contributed by atoms with Gasteiger partial charge in [-0.2, -0.15) is 0 Å². The lowest BCUT2D eigenvalue weighted by molar-refractivity contribution is -0.0893. The van der Waals surface area contributed by atoms with Crippen molar-refractivity contribution < 1.29 is 18.5 Å². The van der Waals surface area contributed by atoms with Gasteiger partial charge >= 0.3 is 7.48 Å². The molecule has 0 aromatic heterocycles. The number of aliphatic hydroxyl groups is 1. The Kier molecular flexibility index (Phi) is 4.18. The fourth-order valence-corrected chi connectivity index (χ4v) is 1.26. The number of rotatable bonds is 4. The second-order valence-corrected chi connectivity index (χ2v) is 5.55. The van der Waals surface area contributed by atoms with Gasteiger partial charge < -0.3 is 9.76 Å². The molecule has 0 atom stereocenters. The van der Waals surface area contributed by atoms with E-state index in [1.807, 2.05) is 0 Å². The molecule has 0 saturated carbocycles. The minimum atomic E-state index is -1.06. The summed E-state index contributed by atoms with van der Waals surface area (Å²) in [6, 6.07) is 2.27. The first-order chi connectivity index (χ1) is 8.04. The zero-order valence-corrected chi connectivity index (χ0v) is 11.5. The van der Waals surface area contributed by atoms with Crippen molar-refractivity contribution in [1.82, 2.24) is 0 Å². The van der Waals surface area contributed by atoms with Crippen LogP contribution in [0.15, 0.2) is 12.1 Å². The normalized spacial score (nSPS) is 12.7. The number of benzene rings is 1. The van der Waals surface area contributed by atoms with E-state index in [0.717, 1.165) is 6.07 Å². The first kappa shape index (κ1) is 15.1. The van der Waals surface area contributed by atoms with Crippen molar-refractivity contribution >= 4 is 12.9 Å². The van der Waals surface area contributed by atoms with Gasteiger partial charge in [-0.3, -0.25) is 0 Å². The minimum absolute atomic E-state index is 0.00998. The predicted octanol–water partition coefficient (Wildman–Crippen LogP) is 1.82. The molecule has 0 aliphatic rings. The van der Waals surface area contributed by atoms with Gasteiger partial charge in [0.25, 0.3) is 0 Å². The predicted molar refractivity (Wildman–Crippen MR) is 69.3 cm³/mol. The standard InChI is InChI=1S/C13H19BF2O2/c1-8-6-9(11(16)7-10(8)15)14-18-13(4,5)12(2,3)17/h6-7,14,17H,1-5H3. The molecule has 0 heterocycles. The zero-order chi connectivity index (χ0) is 14.1. The molecule has 100 valence electrons. The summed E-state index contributed by atoms with van der Waals surface area (Å²) in [4.78, 5) is 0. The van der Waals surface area contributed by atoms with Crippen LogP contribution in [0.5, 0.6) is 0 Å². The van der Waals surface area contributed by atoms with Crippen LogP contribution >= 0.6 is 0 Å². The molecule has 2 nitrogen and oxygen atoms in total. The molecule has 0 bridgehead atoms. The average Bonchev–Trinajstić information content (AvgIpc) is 2.20. The number of hydrogen-bond donors (Lipinski definition) is 1. The molecular weight excluding hydrogens is 237 g/mol. The molecule has 0 saturated heterocycles. The van der Waals surface area contributed by atoms with E-state index in [1.54, 1.807) is 34.6 Å². The molecule has 1 aromatic carbocycles. The van der Waals surface area contributed by atoms with Crippen LogP contribution in [0.25, 0.3) is 0 Å². The minimum Gasteiger partial charge on any atom is -0.427 e. The lowest BCUT2D eigenvalue weighted by atomic mass is 9.82. The molecule has 18 heavy (non-hydrogen) atoms. The Balaban J connectivity index is 2.85. The Hall–Kier alpha value is -0.935. The summed E-state index contributed by atoms with van der Waals surface area (Å²) < 4.78 is 32.2. The highest BCUT2D eigenvalue weighted by atomic mass is 19.1. The summed E-state index contributed by atoms with van der Waals surface area (Å²) in [5.74, 6) is -1.21. The highest BCUT2D eigenvalue weighted by Crippen LogP contribution is 2.24. The lowest BCUT2D eigenvalue weighted by Gasteiger charge is -2.37. The van der Waals surface area contributed by atoms with E-state index in [9.17, 15) is 13.9 Å². The monoisotopic (exact) mass is 256 g/mol. The van der Waals surface area contributed by atoms with E-state index in [1.165, 1.54) is 6.07 Å². The second kappa shape index (κ2) is 4.98. The lowest BCUT2D eigenvalue weighted by Crippen LogP contribution is -2.49. The van der Waals surface area contributed by atoms with Crippen LogP contribution in [0.1, 0.15) is 33.3 Å². The quantitative estimate of drug-likeness (QED) is 0.832. The maximum atomic E-state index is 13.5. The van der Waals surface area contributed by atoms with Gasteiger partial charge in [0.2, 0.25) is 0 Å². The third kappa shape index (κ3) is 3.30. The Morgan fingerprint density at radius 2 is 1.67 bits per heavy atom. The third-order valence-electron chi connectivity index (χ3n) is 3.39. The van der Waals surface area contributed by atoms with E-state index in [2.05, 4.69) is 0 Å². The highest BCUT2D eigenvalue weighted by Gasteiger charge is 2.35. The molecule has 0 unspecified atom stereocenters. The molecule has 0 aliphatic carbocycles. The molecule has 1 N–H and O–H groups in total. The fraction of sp³-hybridized carbons (Fsp3) is 0.538. The maximum Gasteiger partial charge on any atom is 0.312 e. The zero-order valence-electron chi connectivity index (χ0n) is 11.5. The van der Waals surface area contributed by atoms with Crippen LogP contribution in [0.4, 0.5) is 8.78 Å². The van der Waals surface area contributed by atoms with Gasteiger partial charge in [-0.1, -0.05) is 6.07 Å². The molecule has 1 aromatic rings. The van der Waals surface area contributed by atoms with Crippen molar-refractivity contribution in [3.05, 3.63) is 29.3 Å². The Morgan fingerprint density at radius 3 is 2.17 bits per heavy atom. The van der Waals surface area contributed by atoms with Gasteiger partial charge in [0.15, 0.2) is 0 Å². The Morgan fingerprint density at radius 1 is 1.11 bits per heavy atom. The van der Waals surface area contributed by atoms with Crippen LogP contribution in [-0.2, 0) is 4.65 Å². The van der Waals surface area contributed by atoms with Gasteiger partial charge in [-0.15, -0.1) is 0 Å². The van der Waals surface area contributed by atoms with Crippen LogP contribution in [0, 0.1) is 18.6 Å². The summed E-state index contributed by atoms with van der Waals surface area (Å²) in [6.45, 7) is 8.26. The summed E-state index contributed by atoms with van der Waals surface area (Å²) in [7, 11) is -0.00998. The fourth-order valence-electron chi connectivity index (χ4n) is 1.26. The van der Waals surface area contributed by atoms with E-state index in [-0.39, 0.29) is 12.9 Å². The molecular formula is C13H19BF2O2. The van der Waals surface area contributed by atoms with Crippen molar-refractivity contribution in [3.63, 3.8) is 0 Å². The SMILES string of the molecule is Cc1cc(BOC(C)(C)C(C)(C)O)c(F)cc1F. The summed E-state index contributed by atoms with van der Waals surface area (Å²) >= 11 is 0. The van der Waals surface area contributed by atoms with Gasteiger partial charge in [0.05, 0.1) is 11.2 Å². The molecule has 0 fully saturated rings. The first-order valence-corrected chi connectivity index (χ1v) is 5.85. The molecule has 1 rings (SSSR count). The summed E-state index contributed by atoms with van der Waals surface area (Å²) in [6.07, 6.45) is 0. The molecule has 0 spiro atoms. The molecule has 0 radical (unpaired) electrons. The number of aryl methyl sites for hydroxylation is 1. The molecule has 0 amide bonds. The topological polar surface area (TPSA) is 29.5 Å². The first-order valence-electron chi connectivity index (χ1n) is 5.85. The maximum absolute atomic E-state index is 13.5. The van der Waals surface area contributed by atoms with Crippen molar-refractivity contribution in [2.75, 3.05) is 0 Å². The van der Waals surface area contributed by atoms with Crippen molar-refractivity contribution in [2.45, 2.75) is 45.8 Å². The summed E-state index contributed by atoms with van der Waals surface area (Å²) in [5.41, 5.74) is -1.23. The van der Waals surface area contributed by atoms with E-state index >= 15 is 0 Å². The Bertz CT molecular complexity index is 439. The van der Waals surface area contributed by atoms with Gasteiger partial charge in [0.1, 0.15) is 11.6 Å². The van der Waals surface area contributed by atoms with Crippen LogP contribution in [-0.4, -0.2) is 23.8 Å². The van der Waals surface area contributed by atoms with Crippen molar-refractivity contribution in [3.8, 4) is 0 Å². The summed E-state index contributed by atoms with van der Waals surface area (Å²) in [5, 5.41) is 9.91. The smallest absolute Gasteiger partial charge is 0.312 e. The van der Waals surface area contributed by atoms with Crippen LogP contribution in [0.3, 0.4) is 0 Å². The van der Waals surface area contributed by atoms with E-state index in [4.69, 9.17) is 4.65 Å². The largest absolute Gasteiger partial charge is 0.427 e. The number of halogens is 2. The third-order valence-corrected chi connectivity index (χ3v) is 3.39. The average molecular weight is 256 g/mol. The van der Waals surface area contributed by atoms with Crippen molar-refractivity contribution in [1.29, 1.82) is 0 Å². The van der Waals surface area contributed by atoms with Gasteiger partial charge in [-0.25, -0.2) is 8.78 Å². The van der Waals surface area contributed by atoms with Gasteiger partial charge in [-0.05, 0) is 45.6 Å². The van der Waals surface area contributed by atoms with Crippen molar-refractivity contribution in [2.24, 2.45) is 0 Å². The molecule has 5 heteroatoms. The van der Waals surface area contributed by atoms with Crippen LogP contribution < -0.4 is 5.46 Å². The second-order valence-electron chi connectivity index (χ2n) is 5.55. The number of hydrogen-bond acceptors (Lipinski definition) is 2. The van der Waals surface area contributed by atoms with E-state index in [0.29, 0.717) is 5.56 Å². The van der Waals surface area contributed by atoms with Gasteiger partial charge in [0, 0.05) is 6.07 Å².